The lowest BCUT2D eigenvalue weighted by Gasteiger charge is -2.09. The molecule has 1 heterocycles. The van der Waals surface area contributed by atoms with E-state index in [1.807, 2.05) is 0 Å². The number of amides is 1. The number of methoxy groups -OCH3 is 2. The summed E-state index contributed by atoms with van der Waals surface area (Å²) in [5.41, 5.74) is -0.699. The van der Waals surface area contributed by atoms with Crippen molar-refractivity contribution in [2.45, 2.75) is 12.7 Å². The number of carbonyl (C=O) groups is 3. The number of ether oxygens (including phenoxy) is 2. The lowest BCUT2D eigenvalue weighted by atomic mass is 10.1. The number of nitrogens with zero attached hydrogens (tertiary/aromatic N) is 4. The molecule has 0 aliphatic carbocycles. The van der Waals surface area contributed by atoms with Gasteiger partial charge >= 0.3 is 18.1 Å². The van der Waals surface area contributed by atoms with Crippen LogP contribution < -0.4 is 5.32 Å². The van der Waals surface area contributed by atoms with E-state index in [1.165, 1.54) is 30.3 Å². The molecule has 3 rings (SSSR count). The maximum Gasteiger partial charge on any atom is 0.416 e. The van der Waals surface area contributed by atoms with E-state index in [4.69, 9.17) is 0 Å². The Morgan fingerprint density at radius 3 is 2.21 bits per heavy atom. The predicted molar refractivity (Wildman–Crippen MR) is 106 cm³/mol. The number of carbonyl (C=O) groups excluding carboxylic acids is 3. The van der Waals surface area contributed by atoms with Gasteiger partial charge in [0.15, 0.2) is 0 Å². The fourth-order valence-corrected chi connectivity index (χ4v) is 2.76. The first-order valence-electron chi connectivity index (χ1n) is 9.17. The van der Waals surface area contributed by atoms with Crippen molar-refractivity contribution in [2.24, 2.45) is 0 Å². The summed E-state index contributed by atoms with van der Waals surface area (Å²) in [5, 5.41) is 13.7. The number of halogens is 3. The zero-order valence-electron chi connectivity index (χ0n) is 17.2. The molecule has 0 aliphatic rings. The Labute approximate surface area is 184 Å². The molecule has 3 aromatic rings. The van der Waals surface area contributed by atoms with Gasteiger partial charge < -0.3 is 14.8 Å². The molecule has 0 bridgehead atoms. The van der Waals surface area contributed by atoms with Gasteiger partial charge in [0.05, 0.1) is 30.9 Å². The second-order valence-electron chi connectivity index (χ2n) is 6.55. The minimum atomic E-state index is -4.53. The van der Waals surface area contributed by atoms with Crippen molar-refractivity contribution in [1.29, 1.82) is 0 Å². The Bertz CT molecular complexity index is 1170. The average Bonchev–Trinajstić information content (AvgIpc) is 3.25. The fourth-order valence-electron chi connectivity index (χ4n) is 2.76. The van der Waals surface area contributed by atoms with Gasteiger partial charge in [-0.05, 0) is 35.5 Å². The second-order valence-corrected chi connectivity index (χ2v) is 6.55. The number of hydrogen-bond acceptors (Lipinski definition) is 8. The van der Waals surface area contributed by atoms with Gasteiger partial charge in [-0.2, -0.15) is 18.0 Å². The molecule has 33 heavy (non-hydrogen) atoms. The fraction of sp³-hybridized carbons (Fsp3) is 0.200. The van der Waals surface area contributed by atoms with E-state index in [9.17, 15) is 27.6 Å². The van der Waals surface area contributed by atoms with Gasteiger partial charge in [0.2, 0.25) is 11.7 Å². The van der Waals surface area contributed by atoms with E-state index >= 15 is 0 Å². The van der Waals surface area contributed by atoms with E-state index in [1.54, 1.807) is 0 Å². The molecule has 0 aliphatic heterocycles. The summed E-state index contributed by atoms with van der Waals surface area (Å²) in [6, 6.07) is 8.19. The van der Waals surface area contributed by atoms with Crippen molar-refractivity contribution < 1.29 is 37.0 Å². The van der Waals surface area contributed by atoms with Crippen LogP contribution in [0, 0.1) is 0 Å². The third kappa shape index (κ3) is 5.70. The van der Waals surface area contributed by atoms with Crippen LogP contribution in [0.1, 0.15) is 26.3 Å². The minimum absolute atomic E-state index is 0.00131. The van der Waals surface area contributed by atoms with Gasteiger partial charge in [0.1, 0.15) is 6.54 Å². The lowest BCUT2D eigenvalue weighted by Crippen LogP contribution is -2.21. The maximum atomic E-state index is 12.9. The molecule has 0 fully saturated rings. The Morgan fingerprint density at radius 1 is 1.00 bits per heavy atom. The molecule has 1 amide bonds. The lowest BCUT2D eigenvalue weighted by molar-refractivity contribution is -0.137. The van der Waals surface area contributed by atoms with Crippen molar-refractivity contribution in [3.05, 3.63) is 59.2 Å². The SMILES string of the molecule is COC(=O)c1cc(NC(=O)Cn2nnc(-c3cccc(C(F)(F)F)c3)n2)cc(C(=O)OC)c1. The summed E-state index contributed by atoms with van der Waals surface area (Å²) in [6.45, 7) is -0.442. The van der Waals surface area contributed by atoms with Crippen molar-refractivity contribution in [3.8, 4) is 11.4 Å². The summed E-state index contributed by atoms with van der Waals surface area (Å²) in [4.78, 5) is 37.0. The topological polar surface area (TPSA) is 125 Å². The zero-order chi connectivity index (χ0) is 24.2. The molecule has 0 atom stereocenters. The van der Waals surface area contributed by atoms with Crippen LogP contribution in [0.25, 0.3) is 11.4 Å². The largest absolute Gasteiger partial charge is 0.465 e. The molecule has 0 saturated carbocycles. The Kier molecular flexibility index (Phi) is 6.70. The number of esters is 2. The monoisotopic (exact) mass is 463 g/mol. The molecule has 0 spiro atoms. The first-order valence-corrected chi connectivity index (χ1v) is 9.17. The molecule has 13 heteroatoms. The molecular weight excluding hydrogens is 447 g/mol. The van der Waals surface area contributed by atoms with Crippen LogP contribution in [0.15, 0.2) is 42.5 Å². The summed E-state index contributed by atoms with van der Waals surface area (Å²) in [6.07, 6.45) is -4.53. The molecule has 2 aromatic carbocycles. The maximum absolute atomic E-state index is 12.9. The van der Waals surface area contributed by atoms with Gasteiger partial charge in [0, 0.05) is 11.3 Å². The van der Waals surface area contributed by atoms with Crippen LogP contribution in [-0.4, -0.2) is 52.3 Å². The van der Waals surface area contributed by atoms with Gasteiger partial charge in [-0.25, -0.2) is 9.59 Å². The number of aromatic nitrogens is 4. The molecule has 0 unspecified atom stereocenters. The molecule has 172 valence electrons. The van der Waals surface area contributed by atoms with Gasteiger partial charge in [-0.3, -0.25) is 4.79 Å². The summed E-state index contributed by atoms with van der Waals surface area (Å²) < 4.78 is 47.9. The van der Waals surface area contributed by atoms with Crippen LogP contribution in [0.5, 0.6) is 0 Å². The zero-order valence-corrected chi connectivity index (χ0v) is 17.2. The van der Waals surface area contributed by atoms with Crippen molar-refractivity contribution >= 4 is 23.5 Å². The number of benzene rings is 2. The molecule has 1 aromatic heterocycles. The number of nitrogens with one attached hydrogen (secondary N) is 1. The van der Waals surface area contributed by atoms with Crippen molar-refractivity contribution in [1.82, 2.24) is 20.2 Å². The Balaban J connectivity index is 1.76. The smallest absolute Gasteiger partial charge is 0.416 e. The number of anilines is 1. The van der Waals surface area contributed by atoms with Crippen LogP contribution in [-0.2, 0) is 27.0 Å². The van der Waals surface area contributed by atoms with Crippen molar-refractivity contribution in [3.63, 3.8) is 0 Å². The Morgan fingerprint density at radius 2 is 1.64 bits per heavy atom. The molecule has 10 nitrogen and oxygen atoms in total. The summed E-state index contributed by atoms with van der Waals surface area (Å²) >= 11 is 0. The normalized spacial score (nSPS) is 11.1. The highest BCUT2D eigenvalue weighted by Crippen LogP contribution is 2.31. The predicted octanol–water partition coefficient (Wildman–Crippen LogP) is 2.57. The summed E-state index contributed by atoms with van der Waals surface area (Å²) in [5.74, 6) is -2.23. The van der Waals surface area contributed by atoms with Crippen molar-refractivity contribution in [2.75, 3.05) is 19.5 Å². The summed E-state index contributed by atoms with van der Waals surface area (Å²) in [7, 11) is 2.31. The van der Waals surface area contributed by atoms with Crippen LogP contribution in [0.3, 0.4) is 0 Å². The third-order valence-corrected chi connectivity index (χ3v) is 4.24. The number of alkyl halides is 3. The molecule has 0 saturated heterocycles. The van der Waals surface area contributed by atoms with E-state index < -0.39 is 36.1 Å². The molecular formula is C20H16F3N5O5. The van der Waals surface area contributed by atoms with E-state index in [0.717, 1.165) is 31.1 Å². The van der Waals surface area contributed by atoms with E-state index in [2.05, 4.69) is 30.2 Å². The van der Waals surface area contributed by atoms with E-state index in [-0.39, 0.29) is 28.2 Å². The minimum Gasteiger partial charge on any atom is -0.465 e. The second kappa shape index (κ2) is 9.46. The molecule has 0 radical (unpaired) electrons. The highest BCUT2D eigenvalue weighted by Gasteiger charge is 2.30. The number of rotatable bonds is 6. The number of tetrazole rings is 1. The van der Waals surface area contributed by atoms with Gasteiger partial charge in [0.25, 0.3) is 0 Å². The highest BCUT2D eigenvalue weighted by molar-refractivity contribution is 5.99. The van der Waals surface area contributed by atoms with E-state index in [0.29, 0.717) is 0 Å². The van der Waals surface area contributed by atoms with Crippen LogP contribution in [0.4, 0.5) is 18.9 Å². The standard InChI is InChI=1S/C20H16F3N5O5/c1-32-18(30)12-6-13(19(31)33-2)9-15(8-12)24-16(29)10-28-26-17(25-27-28)11-4-3-5-14(7-11)20(21,22)23/h3-9H,10H2,1-2H3,(H,24,29). The number of hydrogen-bond donors (Lipinski definition) is 1. The Hall–Kier alpha value is -4.29. The third-order valence-electron chi connectivity index (χ3n) is 4.24. The van der Waals surface area contributed by atoms with Gasteiger partial charge in [-0.1, -0.05) is 12.1 Å². The first-order chi connectivity index (χ1) is 15.6. The molecule has 1 N–H and O–H groups in total. The highest BCUT2D eigenvalue weighted by atomic mass is 19.4. The first kappa shape index (κ1) is 23.4. The van der Waals surface area contributed by atoms with Gasteiger partial charge in [-0.15, -0.1) is 10.2 Å². The quantitative estimate of drug-likeness (QED) is 0.553. The van der Waals surface area contributed by atoms with Crippen LogP contribution >= 0.6 is 0 Å². The van der Waals surface area contributed by atoms with Crippen LogP contribution in [0.2, 0.25) is 0 Å². The average molecular weight is 463 g/mol.